The van der Waals surface area contributed by atoms with Crippen LogP contribution in [0, 0.1) is 0 Å². The fourth-order valence-corrected chi connectivity index (χ4v) is 5.56. The van der Waals surface area contributed by atoms with Crippen molar-refractivity contribution in [2.45, 2.75) is 51.9 Å². The van der Waals surface area contributed by atoms with Gasteiger partial charge in [0.1, 0.15) is 17.1 Å². The Hall–Kier alpha value is -4.91. The van der Waals surface area contributed by atoms with Crippen LogP contribution < -0.4 is 20.5 Å². The van der Waals surface area contributed by atoms with Gasteiger partial charge in [0, 0.05) is 62.7 Å². The van der Waals surface area contributed by atoms with Crippen LogP contribution in [0.2, 0.25) is 0 Å². The van der Waals surface area contributed by atoms with E-state index in [9.17, 15) is 9.59 Å². The number of piperidine rings is 1. The summed E-state index contributed by atoms with van der Waals surface area (Å²) in [6, 6.07) is 13.5. The lowest BCUT2D eigenvalue weighted by Crippen LogP contribution is -2.44. The highest BCUT2D eigenvalue weighted by molar-refractivity contribution is 5.77. The van der Waals surface area contributed by atoms with Crippen LogP contribution in [0.1, 0.15) is 33.6 Å². The maximum atomic E-state index is 13.4. The molecule has 4 aromatic rings. The van der Waals surface area contributed by atoms with Gasteiger partial charge in [-0.25, -0.2) is 19.1 Å². The number of amides is 1. The van der Waals surface area contributed by atoms with E-state index in [-0.39, 0.29) is 24.3 Å². The van der Waals surface area contributed by atoms with Crippen molar-refractivity contribution in [3.05, 3.63) is 71.7 Å². The molecule has 5 heterocycles. The fourth-order valence-electron chi connectivity index (χ4n) is 5.56. The minimum atomic E-state index is -0.541. The lowest BCUT2D eigenvalue weighted by molar-refractivity contribution is 0.0123. The van der Waals surface area contributed by atoms with Crippen LogP contribution in [0.15, 0.2) is 66.1 Å². The largest absolute Gasteiger partial charge is 0.474 e. The van der Waals surface area contributed by atoms with E-state index in [0.717, 1.165) is 37.7 Å². The zero-order valence-electron chi connectivity index (χ0n) is 26.5. The summed E-state index contributed by atoms with van der Waals surface area (Å²) in [6.45, 7) is 13.9. The molecule has 13 heteroatoms. The lowest BCUT2D eigenvalue weighted by Gasteiger charge is -2.33. The van der Waals surface area contributed by atoms with Crippen LogP contribution in [0.25, 0.3) is 16.9 Å². The molecule has 46 heavy (non-hydrogen) atoms. The van der Waals surface area contributed by atoms with Crippen molar-refractivity contribution in [1.29, 1.82) is 0 Å². The van der Waals surface area contributed by atoms with Crippen molar-refractivity contribution >= 4 is 34.4 Å². The molecule has 0 unspecified atom stereocenters. The van der Waals surface area contributed by atoms with E-state index in [2.05, 4.69) is 33.9 Å². The van der Waals surface area contributed by atoms with E-state index in [1.807, 2.05) is 39.0 Å². The number of likely N-dealkylation sites (tertiary alicyclic amines) is 1. The number of allylic oxidation sites excluding steroid dienone is 1. The van der Waals surface area contributed by atoms with Crippen molar-refractivity contribution < 1.29 is 19.0 Å². The van der Waals surface area contributed by atoms with Crippen LogP contribution in [0.4, 0.5) is 22.1 Å². The van der Waals surface area contributed by atoms with E-state index in [0.29, 0.717) is 54.6 Å². The first kappa shape index (κ1) is 31.1. The summed E-state index contributed by atoms with van der Waals surface area (Å²) in [6.07, 6.45) is 4.04. The Labute approximate surface area is 267 Å². The first-order valence-corrected chi connectivity index (χ1v) is 15.6. The molecule has 1 N–H and O–H groups in total. The van der Waals surface area contributed by atoms with E-state index in [1.165, 1.54) is 10.9 Å². The molecule has 2 aliphatic rings. The number of anilines is 3. The van der Waals surface area contributed by atoms with Gasteiger partial charge in [0.15, 0.2) is 11.5 Å². The Kier molecular flexibility index (Phi) is 8.93. The zero-order chi connectivity index (χ0) is 32.3. The maximum absolute atomic E-state index is 13.4. The highest BCUT2D eigenvalue weighted by Gasteiger charge is 2.28. The molecule has 13 nitrogen and oxygen atoms in total. The molecule has 1 aromatic carbocycles. The Balaban J connectivity index is 1.21. The maximum Gasteiger partial charge on any atom is 0.410 e. The second-order valence-electron chi connectivity index (χ2n) is 12.3. The number of hydrogen-bond acceptors (Lipinski definition) is 10. The Morgan fingerprint density at radius 2 is 1.80 bits per heavy atom. The molecule has 0 atom stereocenters. The molecule has 0 radical (unpaired) electrons. The van der Waals surface area contributed by atoms with Crippen LogP contribution in [-0.4, -0.2) is 86.4 Å². The summed E-state index contributed by atoms with van der Waals surface area (Å²) in [5.74, 6) is 1.23. The summed E-state index contributed by atoms with van der Waals surface area (Å²) in [5.41, 5.74) is 1.56. The second kappa shape index (κ2) is 13.2. The molecule has 3 aromatic heterocycles. The SMILES string of the molecule is C=CCn1c(=O)c2cnc(Nc3ccc(N4CCOCC4)cc3)nc2n1-c1cccc(OC2CCN(C(=O)OC(C)(C)C)CC2)n1. The molecule has 242 valence electrons. The van der Waals surface area contributed by atoms with Gasteiger partial charge in [0.2, 0.25) is 11.8 Å². The molecule has 0 saturated carbocycles. The van der Waals surface area contributed by atoms with Crippen LogP contribution in [-0.2, 0) is 16.0 Å². The monoisotopic (exact) mass is 628 g/mol. The normalized spacial score (nSPS) is 16.0. The topological polar surface area (TPSA) is 129 Å². The van der Waals surface area contributed by atoms with Gasteiger partial charge in [-0.05, 0) is 51.1 Å². The van der Waals surface area contributed by atoms with E-state index >= 15 is 0 Å². The van der Waals surface area contributed by atoms with Gasteiger partial charge in [0.05, 0.1) is 19.8 Å². The Morgan fingerprint density at radius 1 is 1.07 bits per heavy atom. The van der Waals surface area contributed by atoms with E-state index in [1.54, 1.807) is 27.8 Å². The number of hydrogen-bond donors (Lipinski definition) is 1. The van der Waals surface area contributed by atoms with Gasteiger partial charge >= 0.3 is 6.09 Å². The predicted molar refractivity (Wildman–Crippen MR) is 175 cm³/mol. The molecule has 2 aliphatic heterocycles. The second-order valence-corrected chi connectivity index (χ2v) is 12.3. The minimum Gasteiger partial charge on any atom is -0.474 e. The summed E-state index contributed by atoms with van der Waals surface area (Å²) in [5, 5.41) is 3.62. The molecule has 0 bridgehead atoms. The number of benzene rings is 1. The number of nitrogens with zero attached hydrogens (tertiary/aromatic N) is 7. The molecule has 1 amide bonds. The standard InChI is InChI=1S/C33H40N8O5/c1-5-15-40-30(42)26-22-34-31(35-23-9-11-24(12-10-23)38-18-20-44-21-19-38)37-29(26)41(40)27-7-6-8-28(36-27)45-25-13-16-39(17-14-25)32(43)46-33(2,3)4/h5-12,22,25H,1,13-21H2,2-4H3,(H,34,35,37). The number of nitrogens with one attached hydrogen (secondary N) is 1. The lowest BCUT2D eigenvalue weighted by atomic mass is 10.1. The Bertz CT molecular complexity index is 1750. The third kappa shape index (κ3) is 6.99. The molecule has 6 rings (SSSR count). The van der Waals surface area contributed by atoms with Crippen LogP contribution in [0.3, 0.4) is 0 Å². The summed E-state index contributed by atoms with van der Waals surface area (Å²) >= 11 is 0. The molecular formula is C33H40N8O5. The van der Waals surface area contributed by atoms with Gasteiger partial charge in [-0.2, -0.15) is 9.97 Å². The number of carbonyl (C=O) groups excluding carboxylic acids is 1. The van der Waals surface area contributed by atoms with Gasteiger partial charge in [-0.1, -0.05) is 12.1 Å². The number of aromatic nitrogens is 5. The van der Waals surface area contributed by atoms with Crippen LogP contribution in [0.5, 0.6) is 5.88 Å². The number of rotatable bonds is 8. The first-order chi connectivity index (χ1) is 22.2. The van der Waals surface area contributed by atoms with Crippen molar-refractivity contribution in [3.8, 4) is 11.7 Å². The molecular weight excluding hydrogens is 588 g/mol. The van der Waals surface area contributed by atoms with Crippen molar-refractivity contribution in [1.82, 2.24) is 29.2 Å². The van der Waals surface area contributed by atoms with Gasteiger partial charge < -0.3 is 29.3 Å². The number of ether oxygens (including phenoxy) is 3. The zero-order valence-corrected chi connectivity index (χ0v) is 26.5. The highest BCUT2D eigenvalue weighted by Crippen LogP contribution is 2.24. The van der Waals surface area contributed by atoms with Gasteiger partial charge in [-0.15, -0.1) is 6.58 Å². The fraction of sp³-hybridized carbons (Fsp3) is 0.424. The number of morpholine rings is 1. The number of fused-ring (bicyclic) bond motifs is 1. The first-order valence-electron chi connectivity index (χ1n) is 15.6. The smallest absolute Gasteiger partial charge is 0.410 e. The van der Waals surface area contributed by atoms with Crippen molar-refractivity contribution in [3.63, 3.8) is 0 Å². The van der Waals surface area contributed by atoms with Crippen molar-refractivity contribution in [2.24, 2.45) is 0 Å². The summed E-state index contributed by atoms with van der Waals surface area (Å²) in [4.78, 5) is 43.8. The minimum absolute atomic E-state index is 0.119. The predicted octanol–water partition coefficient (Wildman–Crippen LogP) is 4.52. The molecule has 2 fully saturated rings. The van der Waals surface area contributed by atoms with Crippen LogP contribution >= 0.6 is 0 Å². The van der Waals surface area contributed by atoms with E-state index in [4.69, 9.17) is 24.2 Å². The highest BCUT2D eigenvalue weighted by atomic mass is 16.6. The average Bonchev–Trinajstić information content (AvgIpc) is 3.32. The third-order valence-corrected chi connectivity index (χ3v) is 7.78. The summed E-state index contributed by atoms with van der Waals surface area (Å²) in [7, 11) is 0. The van der Waals surface area contributed by atoms with Gasteiger partial charge in [-0.3, -0.25) is 4.79 Å². The average molecular weight is 629 g/mol. The third-order valence-electron chi connectivity index (χ3n) is 7.78. The number of carbonyl (C=O) groups is 1. The van der Waals surface area contributed by atoms with Gasteiger partial charge in [0.25, 0.3) is 5.56 Å². The number of pyridine rings is 1. The van der Waals surface area contributed by atoms with E-state index < -0.39 is 5.60 Å². The quantitative estimate of drug-likeness (QED) is 0.278. The molecule has 0 spiro atoms. The molecule has 0 aliphatic carbocycles. The van der Waals surface area contributed by atoms with Crippen molar-refractivity contribution in [2.75, 3.05) is 49.6 Å². The Morgan fingerprint density at radius 3 is 2.50 bits per heavy atom. The molecule has 2 saturated heterocycles. The summed E-state index contributed by atoms with van der Waals surface area (Å²) < 4.78 is 20.4.